The molecule has 0 fully saturated rings. The van der Waals surface area contributed by atoms with Crippen LogP contribution in [0, 0.1) is 6.92 Å². The Bertz CT molecular complexity index is 736. The summed E-state index contributed by atoms with van der Waals surface area (Å²) in [6.07, 6.45) is 3.86. The van der Waals surface area contributed by atoms with Gasteiger partial charge in [0.1, 0.15) is 17.3 Å². The summed E-state index contributed by atoms with van der Waals surface area (Å²) >= 11 is 0. The molecule has 0 saturated heterocycles. The zero-order valence-corrected chi connectivity index (χ0v) is 13.1. The molecule has 23 heavy (non-hydrogen) atoms. The Morgan fingerprint density at radius 3 is 2.39 bits per heavy atom. The second-order valence-corrected chi connectivity index (χ2v) is 5.46. The van der Waals surface area contributed by atoms with E-state index in [9.17, 15) is 5.11 Å². The van der Waals surface area contributed by atoms with E-state index >= 15 is 0 Å². The van der Waals surface area contributed by atoms with E-state index in [0.29, 0.717) is 6.42 Å². The molecule has 0 aliphatic heterocycles. The number of nitrogens with zero attached hydrogens (tertiary/aromatic N) is 2. The topological polar surface area (TPSA) is 47.3 Å². The van der Waals surface area contributed by atoms with Crippen LogP contribution in [0.5, 0.6) is 11.5 Å². The predicted molar refractivity (Wildman–Crippen MR) is 89.5 cm³/mol. The minimum Gasteiger partial charge on any atom is -0.457 e. The Labute approximate surface area is 136 Å². The minimum atomic E-state index is -0.498. The zero-order valence-electron chi connectivity index (χ0n) is 13.1. The maximum atomic E-state index is 10.3. The lowest BCUT2D eigenvalue weighted by atomic mass is 10.1. The van der Waals surface area contributed by atoms with E-state index in [1.54, 1.807) is 6.20 Å². The third kappa shape index (κ3) is 3.99. The standard InChI is InChI=1S/C19H20N2O2/c1-15-20-12-14-21(15)13-11-19(22)16-7-9-18(10-8-16)23-17-5-3-2-4-6-17/h2-10,12,14,19,22H,11,13H2,1H3. The lowest BCUT2D eigenvalue weighted by Gasteiger charge is -2.13. The largest absolute Gasteiger partial charge is 0.457 e. The molecule has 3 aromatic rings. The number of benzene rings is 2. The first-order valence-electron chi connectivity index (χ1n) is 7.71. The van der Waals surface area contributed by atoms with Crippen molar-refractivity contribution >= 4 is 0 Å². The number of hydrogen-bond acceptors (Lipinski definition) is 3. The molecule has 2 aromatic carbocycles. The number of rotatable bonds is 6. The molecule has 4 nitrogen and oxygen atoms in total. The van der Waals surface area contributed by atoms with Crippen molar-refractivity contribution in [1.82, 2.24) is 9.55 Å². The van der Waals surface area contributed by atoms with Gasteiger partial charge < -0.3 is 14.4 Å². The monoisotopic (exact) mass is 308 g/mol. The van der Waals surface area contributed by atoms with Crippen molar-refractivity contribution in [2.45, 2.75) is 26.0 Å². The molecular weight excluding hydrogens is 288 g/mol. The number of aliphatic hydroxyl groups is 1. The second-order valence-electron chi connectivity index (χ2n) is 5.46. The molecular formula is C19H20N2O2. The summed E-state index contributed by atoms with van der Waals surface area (Å²) in [6, 6.07) is 17.2. The number of aryl methyl sites for hydroxylation is 2. The Kier molecular flexibility index (Phi) is 4.74. The number of aliphatic hydroxyl groups excluding tert-OH is 1. The number of para-hydroxylation sites is 1. The summed E-state index contributed by atoms with van der Waals surface area (Å²) in [7, 11) is 0. The molecule has 0 radical (unpaired) electrons. The highest BCUT2D eigenvalue weighted by molar-refractivity contribution is 5.33. The number of aromatic nitrogens is 2. The van der Waals surface area contributed by atoms with E-state index < -0.39 is 6.10 Å². The predicted octanol–water partition coefficient (Wildman–Crippen LogP) is 4.11. The second kappa shape index (κ2) is 7.11. The lowest BCUT2D eigenvalue weighted by Crippen LogP contribution is -2.05. The number of ether oxygens (including phenoxy) is 1. The van der Waals surface area contributed by atoms with E-state index in [-0.39, 0.29) is 0 Å². The first kappa shape index (κ1) is 15.3. The molecule has 1 heterocycles. The van der Waals surface area contributed by atoms with E-state index in [0.717, 1.165) is 29.4 Å². The number of hydrogen-bond donors (Lipinski definition) is 1. The van der Waals surface area contributed by atoms with Crippen LogP contribution >= 0.6 is 0 Å². The molecule has 0 saturated carbocycles. The Morgan fingerprint density at radius 1 is 1.04 bits per heavy atom. The van der Waals surface area contributed by atoms with Crippen molar-refractivity contribution in [2.75, 3.05) is 0 Å². The molecule has 0 aliphatic carbocycles. The Hall–Kier alpha value is -2.59. The molecule has 3 rings (SSSR count). The van der Waals surface area contributed by atoms with Gasteiger partial charge in [0, 0.05) is 18.9 Å². The molecule has 0 spiro atoms. The van der Waals surface area contributed by atoms with Crippen molar-refractivity contribution in [3.8, 4) is 11.5 Å². The maximum absolute atomic E-state index is 10.3. The minimum absolute atomic E-state index is 0.498. The van der Waals surface area contributed by atoms with Crippen molar-refractivity contribution < 1.29 is 9.84 Å². The highest BCUT2D eigenvalue weighted by atomic mass is 16.5. The molecule has 0 aliphatic rings. The van der Waals surface area contributed by atoms with Crippen molar-refractivity contribution in [3.05, 3.63) is 78.4 Å². The summed E-state index contributed by atoms with van der Waals surface area (Å²) < 4.78 is 7.79. The van der Waals surface area contributed by atoms with Gasteiger partial charge in [0.15, 0.2) is 0 Å². The summed E-state index contributed by atoms with van der Waals surface area (Å²) in [5, 5.41) is 10.3. The molecule has 0 bridgehead atoms. The van der Waals surface area contributed by atoms with E-state index in [2.05, 4.69) is 4.98 Å². The molecule has 1 unspecified atom stereocenters. The van der Waals surface area contributed by atoms with E-state index in [1.807, 2.05) is 72.3 Å². The lowest BCUT2D eigenvalue weighted by molar-refractivity contribution is 0.161. The van der Waals surface area contributed by atoms with Crippen molar-refractivity contribution in [2.24, 2.45) is 0 Å². The SMILES string of the molecule is Cc1nccn1CCC(O)c1ccc(Oc2ccccc2)cc1. The Balaban J connectivity index is 1.59. The van der Waals surface area contributed by atoms with Gasteiger partial charge in [-0.2, -0.15) is 0 Å². The zero-order chi connectivity index (χ0) is 16.1. The van der Waals surface area contributed by atoms with Gasteiger partial charge in [-0.25, -0.2) is 4.98 Å². The molecule has 4 heteroatoms. The average molecular weight is 308 g/mol. The summed E-state index contributed by atoms with van der Waals surface area (Å²) in [4.78, 5) is 4.18. The maximum Gasteiger partial charge on any atom is 0.127 e. The summed E-state index contributed by atoms with van der Waals surface area (Å²) in [5.41, 5.74) is 0.892. The third-order valence-electron chi connectivity index (χ3n) is 3.81. The fourth-order valence-electron chi connectivity index (χ4n) is 2.45. The van der Waals surface area contributed by atoms with Crippen LogP contribution in [0.15, 0.2) is 67.0 Å². The van der Waals surface area contributed by atoms with Gasteiger partial charge in [-0.05, 0) is 43.2 Å². The molecule has 0 amide bonds. The van der Waals surface area contributed by atoms with Crippen LogP contribution in [0.25, 0.3) is 0 Å². The van der Waals surface area contributed by atoms with Crippen molar-refractivity contribution in [3.63, 3.8) is 0 Å². The quantitative estimate of drug-likeness (QED) is 0.745. The fraction of sp³-hybridized carbons (Fsp3) is 0.211. The number of imidazole rings is 1. The smallest absolute Gasteiger partial charge is 0.127 e. The van der Waals surface area contributed by atoms with E-state index in [1.165, 1.54) is 0 Å². The van der Waals surface area contributed by atoms with Crippen LogP contribution in [0.1, 0.15) is 23.9 Å². The van der Waals surface area contributed by atoms with Gasteiger partial charge in [0.05, 0.1) is 6.10 Å². The van der Waals surface area contributed by atoms with E-state index in [4.69, 9.17) is 4.74 Å². The van der Waals surface area contributed by atoms with Crippen molar-refractivity contribution in [1.29, 1.82) is 0 Å². The van der Waals surface area contributed by atoms with Crippen LogP contribution in [-0.2, 0) is 6.54 Å². The van der Waals surface area contributed by atoms with Gasteiger partial charge in [0.2, 0.25) is 0 Å². The van der Waals surface area contributed by atoms with Gasteiger partial charge in [-0.15, -0.1) is 0 Å². The molecule has 1 N–H and O–H groups in total. The van der Waals surface area contributed by atoms with Crippen LogP contribution in [-0.4, -0.2) is 14.7 Å². The summed E-state index contributed by atoms with van der Waals surface area (Å²) in [5.74, 6) is 2.53. The molecule has 1 atom stereocenters. The molecule has 1 aromatic heterocycles. The third-order valence-corrected chi connectivity index (χ3v) is 3.81. The van der Waals surface area contributed by atoms with Gasteiger partial charge in [-0.1, -0.05) is 30.3 Å². The average Bonchev–Trinajstić information content (AvgIpc) is 2.99. The van der Waals surface area contributed by atoms with Gasteiger partial charge in [0.25, 0.3) is 0 Å². The first-order chi connectivity index (χ1) is 11.2. The molecule has 118 valence electrons. The van der Waals surface area contributed by atoms with Crippen LogP contribution in [0.4, 0.5) is 0 Å². The highest BCUT2D eigenvalue weighted by Gasteiger charge is 2.09. The normalized spacial score (nSPS) is 12.1. The van der Waals surface area contributed by atoms with Crippen LogP contribution in [0.3, 0.4) is 0 Å². The Morgan fingerprint density at radius 2 is 1.74 bits per heavy atom. The highest BCUT2D eigenvalue weighted by Crippen LogP contribution is 2.24. The van der Waals surface area contributed by atoms with Gasteiger partial charge >= 0.3 is 0 Å². The summed E-state index contributed by atoms with van der Waals surface area (Å²) in [6.45, 7) is 2.71. The first-order valence-corrected chi connectivity index (χ1v) is 7.71. The van der Waals surface area contributed by atoms with Crippen LogP contribution in [0.2, 0.25) is 0 Å². The fourth-order valence-corrected chi connectivity index (χ4v) is 2.45. The van der Waals surface area contributed by atoms with Crippen LogP contribution < -0.4 is 4.74 Å². The van der Waals surface area contributed by atoms with Gasteiger partial charge in [-0.3, -0.25) is 0 Å².